The molecule has 8 heteroatoms. The minimum absolute atomic E-state index is 0. The molecule has 0 fully saturated rings. The summed E-state index contributed by atoms with van der Waals surface area (Å²) in [5.41, 5.74) is 3.71. The number of thiazole rings is 1. The second-order valence-electron chi connectivity index (χ2n) is 5.01. The molecule has 1 aromatic carbocycles. The number of hydrogen-bond acceptors (Lipinski definition) is 5. The summed E-state index contributed by atoms with van der Waals surface area (Å²) in [6.07, 6.45) is 3.68. The number of nitrogens with zero attached hydrogens (tertiary/aromatic N) is 4. The van der Waals surface area contributed by atoms with E-state index in [1.807, 2.05) is 53.2 Å². The molecule has 4 aromatic rings. The third-order valence-electron chi connectivity index (χ3n) is 3.42. The van der Waals surface area contributed by atoms with Gasteiger partial charge in [0.15, 0.2) is 5.13 Å². The largest absolute Gasteiger partial charge is 0.332 e. The molecule has 0 radical (unpaired) electrons. The van der Waals surface area contributed by atoms with E-state index in [1.165, 1.54) is 0 Å². The highest BCUT2D eigenvalue weighted by Gasteiger charge is 2.14. The maximum atomic E-state index is 5.90. The topological polar surface area (TPSA) is 55.1 Å². The Morgan fingerprint density at radius 1 is 1.17 bits per heavy atom. The van der Waals surface area contributed by atoms with Gasteiger partial charge in [-0.2, -0.15) is 0 Å². The highest BCUT2D eigenvalue weighted by molar-refractivity contribution is 8.93. The van der Waals surface area contributed by atoms with Gasteiger partial charge in [0.25, 0.3) is 0 Å². The van der Waals surface area contributed by atoms with Crippen molar-refractivity contribution in [2.45, 2.75) is 6.92 Å². The summed E-state index contributed by atoms with van der Waals surface area (Å²) in [7, 11) is 0. The van der Waals surface area contributed by atoms with Crippen LogP contribution >= 0.6 is 39.9 Å². The van der Waals surface area contributed by atoms with Gasteiger partial charge in [-0.15, -0.1) is 28.3 Å². The molecule has 3 aromatic heterocycles. The number of anilines is 2. The van der Waals surface area contributed by atoms with E-state index in [9.17, 15) is 0 Å². The normalized spacial score (nSPS) is 10.6. The SMILES string of the molecule is Br.Cc1nc2ncccn2c1-c1csc(Nc2ccc(Cl)cc2)n1. The van der Waals surface area contributed by atoms with Crippen molar-refractivity contribution >= 4 is 56.5 Å². The highest BCUT2D eigenvalue weighted by atomic mass is 79.9. The number of halogens is 2. The number of fused-ring (bicyclic) bond motifs is 1. The molecular formula is C16H13BrClN5S. The van der Waals surface area contributed by atoms with E-state index in [4.69, 9.17) is 11.6 Å². The summed E-state index contributed by atoms with van der Waals surface area (Å²) in [5, 5.41) is 6.83. The van der Waals surface area contributed by atoms with Crippen LogP contribution in [-0.4, -0.2) is 19.4 Å². The van der Waals surface area contributed by atoms with Crippen molar-refractivity contribution in [2.24, 2.45) is 0 Å². The molecule has 0 aliphatic heterocycles. The minimum atomic E-state index is 0. The fourth-order valence-electron chi connectivity index (χ4n) is 2.40. The van der Waals surface area contributed by atoms with Gasteiger partial charge in [0, 0.05) is 28.5 Å². The molecular weight excluding hydrogens is 410 g/mol. The van der Waals surface area contributed by atoms with Crippen LogP contribution in [0.25, 0.3) is 17.2 Å². The summed E-state index contributed by atoms with van der Waals surface area (Å²) in [5.74, 6) is 0.681. The molecule has 5 nitrogen and oxygen atoms in total. The number of aryl methyl sites for hydroxylation is 1. The van der Waals surface area contributed by atoms with E-state index < -0.39 is 0 Å². The Morgan fingerprint density at radius 2 is 1.96 bits per heavy atom. The van der Waals surface area contributed by atoms with Gasteiger partial charge in [0.1, 0.15) is 5.69 Å². The third kappa shape index (κ3) is 3.15. The number of rotatable bonds is 3. The number of hydrogen-bond donors (Lipinski definition) is 1. The molecule has 0 spiro atoms. The Hall–Kier alpha value is -1.96. The lowest BCUT2D eigenvalue weighted by molar-refractivity contribution is 1.11. The molecule has 0 saturated heterocycles. The molecule has 0 bridgehead atoms. The van der Waals surface area contributed by atoms with Crippen molar-refractivity contribution in [3.63, 3.8) is 0 Å². The molecule has 0 atom stereocenters. The second-order valence-corrected chi connectivity index (χ2v) is 6.30. The van der Waals surface area contributed by atoms with Crippen LogP contribution in [-0.2, 0) is 0 Å². The summed E-state index contributed by atoms with van der Waals surface area (Å²) < 4.78 is 1.95. The van der Waals surface area contributed by atoms with E-state index in [-0.39, 0.29) is 17.0 Å². The van der Waals surface area contributed by atoms with Crippen molar-refractivity contribution in [3.8, 4) is 11.4 Å². The Labute approximate surface area is 158 Å². The minimum Gasteiger partial charge on any atom is -0.332 e. The van der Waals surface area contributed by atoms with E-state index in [0.29, 0.717) is 10.8 Å². The van der Waals surface area contributed by atoms with Gasteiger partial charge >= 0.3 is 0 Å². The predicted octanol–water partition coefficient (Wildman–Crippen LogP) is 5.14. The van der Waals surface area contributed by atoms with Crippen molar-refractivity contribution in [1.29, 1.82) is 0 Å². The maximum Gasteiger partial charge on any atom is 0.234 e. The zero-order valence-corrected chi connectivity index (χ0v) is 15.9. The van der Waals surface area contributed by atoms with Gasteiger partial charge in [-0.25, -0.2) is 15.0 Å². The average molecular weight is 423 g/mol. The lowest BCUT2D eigenvalue weighted by atomic mass is 10.3. The first-order chi connectivity index (χ1) is 11.2. The van der Waals surface area contributed by atoms with Crippen molar-refractivity contribution in [1.82, 2.24) is 19.4 Å². The molecule has 0 unspecified atom stereocenters. The smallest absolute Gasteiger partial charge is 0.234 e. The van der Waals surface area contributed by atoms with E-state index in [2.05, 4.69) is 20.3 Å². The predicted molar refractivity (Wildman–Crippen MR) is 104 cm³/mol. The van der Waals surface area contributed by atoms with Gasteiger partial charge in [0.2, 0.25) is 5.78 Å². The van der Waals surface area contributed by atoms with Crippen LogP contribution in [0.1, 0.15) is 5.69 Å². The summed E-state index contributed by atoms with van der Waals surface area (Å²) in [4.78, 5) is 13.4. The van der Waals surface area contributed by atoms with Gasteiger partial charge < -0.3 is 5.32 Å². The fraction of sp³-hybridized carbons (Fsp3) is 0.0625. The molecule has 1 N–H and O–H groups in total. The van der Waals surface area contributed by atoms with Gasteiger partial charge in [-0.1, -0.05) is 11.6 Å². The van der Waals surface area contributed by atoms with Crippen LogP contribution < -0.4 is 5.32 Å². The highest BCUT2D eigenvalue weighted by Crippen LogP contribution is 2.29. The fourth-order valence-corrected chi connectivity index (χ4v) is 3.24. The van der Waals surface area contributed by atoms with Crippen molar-refractivity contribution in [2.75, 3.05) is 5.32 Å². The zero-order chi connectivity index (χ0) is 15.8. The number of nitrogens with one attached hydrogen (secondary N) is 1. The zero-order valence-electron chi connectivity index (χ0n) is 12.6. The lowest BCUT2D eigenvalue weighted by Crippen LogP contribution is -1.92. The second kappa shape index (κ2) is 6.88. The molecule has 122 valence electrons. The van der Waals surface area contributed by atoms with Gasteiger partial charge in [-0.3, -0.25) is 4.40 Å². The lowest BCUT2D eigenvalue weighted by Gasteiger charge is -2.02. The van der Waals surface area contributed by atoms with Crippen LogP contribution in [0.4, 0.5) is 10.8 Å². The summed E-state index contributed by atoms with van der Waals surface area (Å²) in [6.45, 7) is 1.97. The van der Waals surface area contributed by atoms with Crippen LogP contribution in [0.15, 0.2) is 48.1 Å². The van der Waals surface area contributed by atoms with Crippen LogP contribution in [0, 0.1) is 6.92 Å². The maximum absolute atomic E-state index is 5.90. The van der Waals surface area contributed by atoms with E-state index >= 15 is 0 Å². The first-order valence-electron chi connectivity index (χ1n) is 6.99. The number of benzene rings is 1. The van der Waals surface area contributed by atoms with E-state index in [1.54, 1.807) is 17.5 Å². The monoisotopic (exact) mass is 421 g/mol. The average Bonchev–Trinajstić information content (AvgIpc) is 3.12. The van der Waals surface area contributed by atoms with Crippen molar-refractivity contribution in [3.05, 3.63) is 58.8 Å². The first kappa shape index (κ1) is 16.9. The van der Waals surface area contributed by atoms with Crippen molar-refractivity contribution < 1.29 is 0 Å². The van der Waals surface area contributed by atoms with Crippen LogP contribution in [0.2, 0.25) is 5.02 Å². The Kier molecular flexibility index (Phi) is 4.84. The Balaban J connectivity index is 0.00000169. The van der Waals surface area contributed by atoms with Crippen LogP contribution in [0.3, 0.4) is 0 Å². The third-order valence-corrected chi connectivity index (χ3v) is 4.43. The molecule has 3 heterocycles. The Morgan fingerprint density at radius 3 is 2.75 bits per heavy atom. The van der Waals surface area contributed by atoms with Crippen LogP contribution in [0.5, 0.6) is 0 Å². The standard InChI is InChI=1S/C16H12ClN5S.BrH/c1-10-14(22-8-2-7-18-15(22)19-10)13-9-23-16(21-13)20-12-5-3-11(17)4-6-12;/h2-9H,1H3,(H,20,21);1H. The molecule has 0 saturated carbocycles. The summed E-state index contributed by atoms with van der Waals surface area (Å²) in [6, 6.07) is 9.42. The quantitative estimate of drug-likeness (QED) is 0.497. The number of aromatic nitrogens is 4. The van der Waals surface area contributed by atoms with E-state index in [0.717, 1.165) is 27.9 Å². The van der Waals surface area contributed by atoms with Gasteiger partial charge in [0.05, 0.1) is 11.4 Å². The molecule has 0 aliphatic carbocycles. The number of imidazole rings is 1. The van der Waals surface area contributed by atoms with Gasteiger partial charge in [-0.05, 0) is 37.3 Å². The molecule has 0 aliphatic rings. The molecule has 0 amide bonds. The summed E-state index contributed by atoms with van der Waals surface area (Å²) >= 11 is 7.45. The molecule has 24 heavy (non-hydrogen) atoms. The Bertz CT molecular complexity index is 980. The first-order valence-corrected chi connectivity index (χ1v) is 8.24. The molecule has 4 rings (SSSR count).